The molecule has 4 nitrogen and oxygen atoms in total. The Hall–Kier alpha value is -1.36. The van der Waals surface area contributed by atoms with Crippen molar-refractivity contribution in [3.05, 3.63) is 57.0 Å². The fourth-order valence-electron chi connectivity index (χ4n) is 1.83. The van der Waals surface area contributed by atoms with Gasteiger partial charge in [-0.25, -0.2) is 9.97 Å². The Morgan fingerprint density at radius 3 is 2.62 bits per heavy atom. The average Bonchev–Trinajstić information content (AvgIpc) is 2.42. The molecule has 0 aliphatic rings. The molecule has 0 aliphatic carbocycles. The van der Waals surface area contributed by atoms with Crippen molar-refractivity contribution in [2.45, 2.75) is 19.4 Å². The molecule has 2 aromatic rings. The van der Waals surface area contributed by atoms with Gasteiger partial charge in [-0.1, -0.05) is 40.9 Å². The van der Waals surface area contributed by atoms with Crippen LogP contribution in [0.2, 0.25) is 15.2 Å². The van der Waals surface area contributed by atoms with Crippen LogP contribution in [0.25, 0.3) is 0 Å². The molecular weight excluding hydrogens is 333 g/mol. The fourth-order valence-corrected chi connectivity index (χ4v) is 2.51. The molecule has 1 aromatic carbocycles. The predicted molar refractivity (Wildman–Crippen MR) is 84.1 cm³/mol. The first kappa shape index (κ1) is 16.0. The van der Waals surface area contributed by atoms with Crippen LogP contribution in [0.4, 0.5) is 0 Å². The molecule has 2 rings (SSSR count). The van der Waals surface area contributed by atoms with Gasteiger partial charge in [0.05, 0.1) is 0 Å². The summed E-state index contributed by atoms with van der Waals surface area (Å²) in [5.74, 6) is -0.370. The van der Waals surface area contributed by atoms with Gasteiger partial charge in [-0.15, -0.1) is 0 Å². The minimum absolute atomic E-state index is 0.0757. The maximum atomic E-state index is 12.1. The molecule has 0 radical (unpaired) electrons. The normalized spacial score (nSPS) is 12.0. The van der Waals surface area contributed by atoms with E-state index in [-0.39, 0.29) is 22.8 Å². The van der Waals surface area contributed by atoms with Crippen LogP contribution in [0, 0.1) is 0 Å². The van der Waals surface area contributed by atoms with E-state index in [1.807, 2.05) is 13.0 Å². The molecule has 1 N–H and O–H groups in total. The minimum atomic E-state index is -0.370. The highest BCUT2D eigenvalue weighted by Crippen LogP contribution is 2.22. The summed E-state index contributed by atoms with van der Waals surface area (Å²) in [5.41, 5.74) is 1.01. The molecular formula is C14H12Cl3N3O. The lowest BCUT2D eigenvalue weighted by atomic mass is 10.1. The Morgan fingerprint density at radius 1 is 1.24 bits per heavy atom. The van der Waals surface area contributed by atoms with Crippen LogP contribution in [-0.2, 0) is 6.42 Å². The first-order valence-corrected chi connectivity index (χ1v) is 7.32. The zero-order chi connectivity index (χ0) is 15.4. The Bertz CT molecular complexity index is 664. The summed E-state index contributed by atoms with van der Waals surface area (Å²) in [6.45, 7) is 1.87. The van der Waals surface area contributed by atoms with Gasteiger partial charge in [0, 0.05) is 28.5 Å². The van der Waals surface area contributed by atoms with E-state index in [0.717, 1.165) is 5.56 Å². The second-order valence-corrected chi connectivity index (χ2v) is 5.71. The third-order valence-corrected chi connectivity index (χ3v) is 3.65. The molecule has 0 saturated carbocycles. The van der Waals surface area contributed by atoms with Gasteiger partial charge in [0.1, 0.15) is 0 Å². The smallest absolute Gasteiger partial charge is 0.273 e. The summed E-state index contributed by atoms with van der Waals surface area (Å²) in [7, 11) is 0. The van der Waals surface area contributed by atoms with Crippen LogP contribution in [0.3, 0.4) is 0 Å². The number of benzene rings is 1. The molecule has 1 amide bonds. The van der Waals surface area contributed by atoms with E-state index in [1.54, 1.807) is 12.1 Å². The van der Waals surface area contributed by atoms with Crippen LogP contribution in [0.1, 0.15) is 23.0 Å². The van der Waals surface area contributed by atoms with Gasteiger partial charge in [0.2, 0.25) is 0 Å². The molecule has 0 saturated heterocycles. The largest absolute Gasteiger partial charge is 0.348 e. The van der Waals surface area contributed by atoms with E-state index in [2.05, 4.69) is 15.3 Å². The summed E-state index contributed by atoms with van der Waals surface area (Å²) in [6, 6.07) is 5.13. The number of aromatic nitrogens is 2. The summed E-state index contributed by atoms with van der Waals surface area (Å²) < 4.78 is 0. The third kappa shape index (κ3) is 4.30. The van der Waals surface area contributed by atoms with Crippen LogP contribution in [0.15, 0.2) is 30.6 Å². The van der Waals surface area contributed by atoms with E-state index in [9.17, 15) is 4.79 Å². The van der Waals surface area contributed by atoms with Crippen LogP contribution < -0.4 is 5.32 Å². The van der Waals surface area contributed by atoms with E-state index in [1.165, 1.54) is 12.4 Å². The maximum Gasteiger partial charge on any atom is 0.273 e. The van der Waals surface area contributed by atoms with Crippen molar-refractivity contribution < 1.29 is 4.79 Å². The summed E-state index contributed by atoms with van der Waals surface area (Å²) in [4.78, 5) is 19.8. The number of hydrogen-bond acceptors (Lipinski definition) is 3. The number of nitrogens with zero attached hydrogens (tertiary/aromatic N) is 2. The molecule has 7 heteroatoms. The minimum Gasteiger partial charge on any atom is -0.348 e. The molecule has 1 unspecified atom stereocenters. The zero-order valence-electron chi connectivity index (χ0n) is 11.1. The fraction of sp³-hybridized carbons (Fsp3) is 0.214. The topological polar surface area (TPSA) is 54.9 Å². The van der Waals surface area contributed by atoms with E-state index in [0.29, 0.717) is 16.5 Å². The first-order chi connectivity index (χ1) is 9.97. The molecule has 110 valence electrons. The third-order valence-electron chi connectivity index (χ3n) is 2.79. The molecule has 0 bridgehead atoms. The molecule has 1 aromatic heterocycles. The second kappa shape index (κ2) is 7.07. The van der Waals surface area contributed by atoms with Crippen molar-refractivity contribution in [2.75, 3.05) is 0 Å². The SMILES string of the molecule is CC(Cc1ccc(Cl)cc1Cl)NC(=O)c1nccnc1Cl. The van der Waals surface area contributed by atoms with Gasteiger partial charge in [-0.2, -0.15) is 0 Å². The Morgan fingerprint density at radius 2 is 1.95 bits per heavy atom. The van der Waals surface area contributed by atoms with Crippen molar-refractivity contribution >= 4 is 40.7 Å². The molecule has 0 aliphatic heterocycles. The molecule has 0 fully saturated rings. The number of carbonyl (C=O) groups is 1. The summed E-state index contributed by atoms with van der Waals surface area (Å²) >= 11 is 17.8. The van der Waals surface area contributed by atoms with Gasteiger partial charge in [-0.05, 0) is 31.0 Å². The first-order valence-electron chi connectivity index (χ1n) is 6.18. The summed E-state index contributed by atoms with van der Waals surface area (Å²) in [6.07, 6.45) is 3.41. The van der Waals surface area contributed by atoms with Gasteiger partial charge < -0.3 is 5.32 Å². The second-order valence-electron chi connectivity index (χ2n) is 4.51. The number of halogens is 3. The highest BCUT2D eigenvalue weighted by atomic mass is 35.5. The quantitative estimate of drug-likeness (QED) is 0.918. The average molecular weight is 345 g/mol. The number of amides is 1. The lowest BCUT2D eigenvalue weighted by molar-refractivity contribution is 0.0935. The van der Waals surface area contributed by atoms with Gasteiger partial charge in [0.15, 0.2) is 10.8 Å². The lowest BCUT2D eigenvalue weighted by Gasteiger charge is -2.15. The van der Waals surface area contributed by atoms with Crippen molar-refractivity contribution in [1.29, 1.82) is 0 Å². The Kier molecular flexibility index (Phi) is 5.39. The van der Waals surface area contributed by atoms with Crippen molar-refractivity contribution in [2.24, 2.45) is 0 Å². The number of nitrogens with one attached hydrogen (secondary N) is 1. The van der Waals surface area contributed by atoms with Crippen molar-refractivity contribution in [1.82, 2.24) is 15.3 Å². The Balaban J connectivity index is 2.03. The zero-order valence-corrected chi connectivity index (χ0v) is 13.4. The number of carbonyl (C=O) groups excluding carboxylic acids is 1. The molecule has 1 atom stereocenters. The van der Waals surface area contributed by atoms with Crippen molar-refractivity contribution in [3.8, 4) is 0 Å². The lowest BCUT2D eigenvalue weighted by Crippen LogP contribution is -2.34. The molecule has 0 spiro atoms. The Labute approximate surface area is 137 Å². The van der Waals surface area contributed by atoms with Gasteiger partial charge >= 0.3 is 0 Å². The highest BCUT2D eigenvalue weighted by molar-refractivity contribution is 6.35. The van der Waals surface area contributed by atoms with E-state index >= 15 is 0 Å². The van der Waals surface area contributed by atoms with E-state index in [4.69, 9.17) is 34.8 Å². The molecule has 1 heterocycles. The van der Waals surface area contributed by atoms with Crippen LogP contribution in [0.5, 0.6) is 0 Å². The standard InChI is InChI=1S/C14H12Cl3N3O/c1-8(6-9-2-3-10(15)7-11(9)16)20-14(21)12-13(17)19-5-4-18-12/h2-5,7-8H,6H2,1H3,(H,20,21). The van der Waals surface area contributed by atoms with Crippen LogP contribution >= 0.6 is 34.8 Å². The number of hydrogen-bond donors (Lipinski definition) is 1. The van der Waals surface area contributed by atoms with Crippen LogP contribution in [-0.4, -0.2) is 21.9 Å². The number of rotatable bonds is 4. The maximum absolute atomic E-state index is 12.1. The van der Waals surface area contributed by atoms with Gasteiger partial charge in [-0.3, -0.25) is 4.79 Å². The van der Waals surface area contributed by atoms with E-state index < -0.39 is 0 Å². The molecule has 21 heavy (non-hydrogen) atoms. The summed E-state index contributed by atoms with van der Waals surface area (Å²) in [5, 5.41) is 4.03. The van der Waals surface area contributed by atoms with Gasteiger partial charge in [0.25, 0.3) is 5.91 Å². The highest BCUT2D eigenvalue weighted by Gasteiger charge is 2.16. The monoisotopic (exact) mass is 343 g/mol. The van der Waals surface area contributed by atoms with Crippen molar-refractivity contribution in [3.63, 3.8) is 0 Å². The predicted octanol–water partition coefficient (Wildman–Crippen LogP) is 3.80.